The maximum absolute atomic E-state index is 13.1. The van der Waals surface area contributed by atoms with Crippen molar-refractivity contribution in [3.05, 3.63) is 0 Å². The summed E-state index contributed by atoms with van der Waals surface area (Å²) in [5.41, 5.74) is 0. The normalized spacial score (nSPS) is 33.6. The number of carbonyl (C=O) groups is 2. The summed E-state index contributed by atoms with van der Waals surface area (Å²) in [4.78, 5) is 30.0. The fourth-order valence-electron chi connectivity index (χ4n) is 4.53. The van der Waals surface area contributed by atoms with Crippen LogP contribution >= 0.6 is 0 Å². The van der Waals surface area contributed by atoms with E-state index in [0.717, 1.165) is 32.2 Å². The van der Waals surface area contributed by atoms with E-state index in [2.05, 4.69) is 11.8 Å². The summed E-state index contributed by atoms with van der Waals surface area (Å²) >= 11 is 0. The van der Waals surface area contributed by atoms with Crippen molar-refractivity contribution in [2.45, 2.75) is 76.4 Å². The second-order valence-electron chi connectivity index (χ2n) is 7.38. The highest BCUT2D eigenvalue weighted by molar-refractivity contribution is 5.97. The molecule has 2 unspecified atom stereocenters. The highest BCUT2D eigenvalue weighted by Gasteiger charge is 2.54. The quantitative estimate of drug-likeness (QED) is 0.796. The van der Waals surface area contributed by atoms with E-state index in [4.69, 9.17) is 0 Å². The third kappa shape index (κ3) is 2.18. The highest BCUT2D eigenvalue weighted by Crippen LogP contribution is 2.49. The van der Waals surface area contributed by atoms with Crippen LogP contribution in [0.3, 0.4) is 0 Å². The van der Waals surface area contributed by atoms with Crippen molar-refractivity contribution in [1.82, 2.24) is 9.80 Å². The first kappa shape index (κ1) is 13.6. The Morgan fingerprint density at radius 3 is 2.24 bits per heavy atom. The van der Waals surface area contributed by atoms with Crippen molar-refractivity contribution in [3.8, 4) is 0 Å². The van der Waals surface area contributed by atoms with Gasteiger partial charge in [-0.1, -0.05) is 6.92 Å². The van der Waals surface area contributed by atoms with Gasteiger partial charge in [0.2, 0.25) is 11.8 Å². The Hall–Kier alpha value is -1.06. The van der Waals surface area contributed by atoms with Crippen LogP contribution in [0.25, 0.3) is 0 Å². The number of fused-ring (bicyclic) bond motifs is 1. The van der Waals surface area contributed by atoms with Crippen molar-refractivity contribution in [3.63, 3.8) is 0 Å². The fourth-order valence-corrected chi connectivity index (χ4v) is 4.53. The van der Waals surface area contributed by atoms with E-state index in [1.165, 1.54) is 25.7 Å². The number of nitrogens with zero attached hydrogens (tertiary/aromatic N) is 2. The molecule has 4 fully saturated rings. The predicted octanol–water partition coefficient (Wildman–Crippen LogP) is 2.18. The minimum atomic E-state index is -0.182. The van der Waals surface area contributed by atoms with Gasteiger partial charge in [0.15, 0.2) is 0 Å². The maximum atomic E-state index is 13.1. The number of piperidine rings is 1. The molecule has 2 aliphatic heterocycles. The summed E-state index contributed by atoms with van der Waals surface area (Å²) in [6.45, 7) is 2.85. The third-order valence-corrected chi connectivity index (χ3v) is 5.86. The van der Waals surface area contributed by atoms with Crippen molar-refractivity contribution < 1.29 is 9.59 Å². The minimum Gasteiger partial charge on any atom is -0.329 e. The average Bonchev–Trinajstić information content (AvgIpc) is 3.37. The lowest BCUT2D eigenvalue weighted by atomic mass is 9.91. The van der Waals surface area contributed by atoms with E-state index < -0.39 is 0 Å². The van der Waals surface area contributed by atoms with Crippen LogP contribution in [0.2, 0.25) is 0 Å². The zero-order valence-electron chi connectivity index (χ0n) is 13.0. The molecule has 0 bridgehead atoms. The first-order chi connectivity index (χ1) is 10.2. The monoisotopic (exact) mass is 290 g/mol. The van der Waals surface area contributed by atoms with E-state index in [1.807, 2.05) is 4.90 Å². The van der Waals surface area contributed by atoms with Gasteiger partial charge in [-0.3, -0.25) is 9.59 Å². The SMILES string of the molecule is CCC1C(=O)N2CCCCC2C(=O)N1C(C1CC1)C1CC1. The number of hydrogen-bond donors (Lipinski definition) is 0. The Morgan fingerprint density at radius 2 is 1.67 bits per heavy atom. The Morgan fingerprint density at radius 1 is 1.00 bits per heavy atom. The number of rotatable bonds is 4. The molecule has 116 valence electrons. The van der Waals surface area contributed by atoms with E-state index in [9.17, 15) is 9.59 Å². The first-order valence-electron chi connectivity index (χ1n) is 8.85. The molecule has 4 rings (SSSR count). The lowest BCUT2D eigenvalue weighted by Gasteiger charge is -2.49. The van der Waals surface area contributed by atoms with Gasteiger partial charge in [0.05, 0.1) is 0 Å². The smallest absolute Gasteiger partial charge is 0.246 e. The van der Waals surface area contributed by atoms with Crippen LogP contribution in [0.15, 0.2) is 0 Å². The molecule has 0 radical (unpaired) electrons. The summed E-state index contributed by atoms with van der Waals surface area (Å²) in [5.74, 6) is 1.86. The number of piperazine rings is 1. The van der Waals surface area contributed by atoms with Gasteiger partial charge in [-0.05, 0) is 63.2 Å². The van der Waals surface area contributed by atoms with Crippen LogP contribution in [0, 0.1) is 11.8 Å². The zero-order valence-corrected chi connectivity index (χ0v) is 13.0. The largest absolute Gasteiger partial charge is 0.329 e. The molecule has 2 heterocycles. The number of carbonyl (C=O) groups excluding carboxylic acids is 2. The topological polar surface area (TPSA) is 40.6 Å². The van der Waals surface area contributed by atoms with Crippen LogP contribution in [0.5, 0.6) is 0 Å². The van der Waals surface area contributed by atoms with Gasteiger partial charge in [-0.2, -0.15) is 0 Å². The molecular weight excluding hydrogens is 264 g/mol. The molecule has 2 saturated carbocycles. The Kier molecular flexibility index (Phi) is 3.23. The molecule has 0 aromatic carbocycles. The average molecular weight is 290 g/mol. The molecule has 0 N–H and O–H groups in total. The zero-order chi connectivity index (χ0) is 14.6. The molecule has 2 aliphatic carbocycles. The lowest BCUT2D eigenvalue weighted by Crippen LogP contribution is -2.68. The standard InChI is InChI=1S/C17H26N2O2/c1-2-13-16(20)18-10-4-3-5-14(18)17(21)19(13)15(11-6-7-11)12-8-9-12/h11-15H,2-10H2,1H3. The third-order valence-electron chi connectivity index (χ3n) is 5.86. The molecule has 0 spiro atoms. The number of hydrogen-bond acceptors (Lipinski definition) is 2. The van der Waals surface area contributed by atoms with E-state index in [1.54, 1.807) is 0 Å². The van der Waals surface area contributed by atoms with E-state index in [0.29, 0.717) is 17.9 Å². The Labute approximate surface area is 126 Å². The fraction of sp³-hybridized carbons (Fsp3) is 0.882. The lowest BCUT2D eigenvalue weighted by molar-refractivity contribution is -0.167. The summed E-state index contributed by atoms with van der Waals surface area (Å²) in [7, 11) is 0. The van der Waals surface area contributed by atoms with Gasteiger partial charge < -0.3 is 9.80 Å². The van der Waals surface area contributed by atoms with Crippen molar-refractivity contribution in [2.75, 3.05) is 6.54 Å². The van der Waals surface area contributed by atoms with E-state index in [-0.39, 0.29) is 23.9 Å². The molecule has 4 heteroatoms. The Bertz CT molecular complexity index is 444. The summed E-state index contributed by atoms with van der Waals surface area (Å²) < 4.78 is 0. The van der Waals surface area contributed by atoms with Gasteiger partial charge in [-0.15, -0.1) is 0 Å². The molecule has 2 atom stereocenters. The van der Waals surface area contributed by atoms with Crippen LogP contribution in [0.4, 0.5) is 0 Å². The van der Waals surface area contributed by atoms with Crippen molar-refractivity contribution in [2.24, 2.45) is 11.8 Å². The molecule has 2 amide bonds. The molecule has 2 saturated heterocycles. The van der Waals surface area contributed by atoms with Crippen molar-refractivity contribution >= 4 is 11.8 Å². The second kappa shape index (κ2) is 4.99. The van der Waals surface area contributed by atoms with Gasteiger partial charge in [-0.25, -0.2) is 0 Å². The summed E-state index contributed by atoms with van der Waals surface area (Å²) in [5, 5.41) is 0. The molecule has 0 aromatic heterocycles. The molecule has 21 heavy (non-hydrogen) atoms. The molecule has 4 aliphatic rings. The van der Waals surface area contributed by atoms with Crippen LogP contribution in [-0.4, -0.2) is 46.3 Å². The first-order valence-corrected chi connectivity index (χ1v) is 8.85. The minimum absolute atomic E-state index is 0.144. The van der Waals surface area contributed by atoms with Crippen molar-refractivity contribution in [1.29, 1.82) is 0 Å². The molecular formula is C17H26N2O2. The molecule has 0 aromatic rings. The van der Waals surface area contributed by atoms with Crippen LogP contribution in [0.1, 0.15) is 58.3 Å². The van der Waals surface area contributed by atoms with Gasteiger partial charge in [0.25, 0.3) is 0 Å². The van der Waals surface area contributed by atoms with Gasteiger partial charge in [0.1, 0.15) is 12.1 Å². The second-order valence-corrected chi connectivity index (χ2v) is 7.38. The molecule has 4 nitrogen and oxygen atoms in total. The number of amides is 2. The Balaban J connectivity index is 1.66. The van der Waals surface area contributed by atoms with E-state index >= 15 is 0 Å². The summed E-state index contributed by atoms with van der Waals surface area (Å²) in [6, 6.07) is 0.0441. The summed E-state index contributed by atoms with van der Waals surface area (Å²) in [6.07, 6.45) is 8.80. The van der Waals surface area contributed by atoms with Crippen LogP contribution < -0.4 is 0 Å². The van der Waals surface area contributed by atoms with Crippen LogP contribution in [-0.2, 0) is 9.59 Å². The predicted molar refractivity (Wildman–Crippen MR) is 79.5 cm³/mol. The highest BCUT2D eigenvalue weighted by atomic mass is 16.2. The van der Waals surface area contributed by atoms with Gasteiger partial charge in [0, 0.05) is 12.6 Å². The van der Waals surface area contributed by atoms with Gasteiger partial charge >= 0.3 is 0 Å². The maximum Gasteiger partial charge on any atom is 0.246 e.